The highest BCUT2D eigenvalue weighted by atomic mass is 16.7. The number of benzene rings is 4. The summed E-state index contributed by atoms with van der Waals surface area (Å²) in [6, 6.07) is 34.3. The second kappa shape index (κ2) is 10.8. The first-order valence-corrected chi connectivity index (χ1v) is 13.0. The molecule has 4 aromatic carbocycles. The van der Waals surface area contributed by atoms with Crippen LogP contribution in [0.2, 0.25) is 0 Å². The molecule has 5 rings (SSSR count). The van der Waals surface area contributed by atoms with Crippen molar-refractivity contribution >= 4 is 0 Å². The fourth-order valence-corrected chi connectivity index (χ4v) is 5.51. The highest BCUT2D eigenvalue weighted by Gasteiger charge is 2.45. The van der Waals surface area contributed by atoms with Gasteiger partial charge < -0.3 is 18.9 Å². The van der Waals surface area contributed by atoms with Gasteiger partial charge in [0.2, 0.25) is 0 Å². The molecule has 0 spiro atoms. The van der Waals surface area contributed by atoms with Crippen LogP contribution in [0.5, 0.6) is 11.5 Å². The average Bonchev–Trinajstić information content (AvgIpc) is 3.21. The topological polar surface area (TPSA) is 36.9 Å². The Morgan fingerprint density at radius 1 is 0.541 bits per heavy atom. The molecular weight excluding hydrogens is 460 g/mol. The van der Waals surface area contributed by atoms with Crippen molar-refractivity contribution in [2.24, 2.45) is 0 Å². The molecule has 0 saturated heterocycles. The fraction of sp³-hybridized carbons (Fsp3) is 0.273. The van der Waals surface area contributed by atoms with E-state index < -0.39 is 5.41 Å². The quantitative estimate of drug-likeness (QED) is 0.188. The summed E-state index contributed by atoms with van der Waals surface area (Å²) in [6.45, 7) is 8.99. The first kappa shape index (κ1) is 25.1. The zero-order valence-electron chi connectivity index (χ0n) is 21.9. The van der Waals surface area contributed by atoms with Gasteiger partial charge in [0.05, 0.1) is 5.41 Å². The summed E-state index contributed by atoms with van der Waals surface area (Å²) in [5.41, 5.74) is 6.94. The maximum absolute atomic E-state index is 5.97. The van der Waals surface area contributed by atoms with Gasteiger partial charge in [0.15, 0.2) is 12.6 Å². The van der Waals surface area contributed by atoms with E-state index in [1.54, 1.807) is 0 Å². The van der Waals surface area contributed by atoms with Crippen molar-refractivity contribution in [3.8, 4) is 22.6 Å². The van der Waals surface area contributed by atoms with Crippen molar-refractivity contribution in [1.82, 2.24) is 0 Å². The van der Waals surface area contributed by atoms with Gasteiger partial charge in [-0.25, -0.2) is 0 Å². The summed E-state index contributed by atoms with van der Waals surface area (Å²) >= 11 is 0. The smallest absolute Gasteiger partial charge is 0.196 e. The van der Waals surface area contributed by atoms with Gasteiger partial charge in [0.25, 0.3) is 0 Å². The standard InChI is InChI=1S/C33H34O4/c1-5-34-23(3)36-27-19-15-25(16-20-27)33(26-17-21-28(22-18-26)37-24(4)35-6-2)31-13-9-7-11-29(31)30-12-8-10-14-32(30)33/h7-24H,5-6H2,1-4H3. The van der Waals surface area contributed by atoms with Crippen LogP contribution in [-0.2, 0) is 14.9 Å². The van der Waals surface area contributed by atoms with Crippen LogP contribution in [0, 0.1) is 0 Å². The molecule has 4 aromatic rings. The Bertz CT molecular complexity index is 1220. The molecule has 0 N–H and O–H groups in total. The minimum Gasteiger partial charge on any atom is -0.465 e. The largest absolute Gasteiger partial charge is 0.465 e. The molecule has 0 saturated carbocycles. The van der Waals surface area contributed by atoms with Gasteiger partial charge in [-0.3, -0.25) is 0 Å². The predicted molar refractivity (Wildman–Crippen MR) is 147 cm³/mol. The molecule has 0 aliphatic heterocycles. The lowest BCUT2D eigenvalue weighted by molar-refractivity contribution is -0.0616. The monoisotopic (exact) mass is 494 g/mol. The Hall–Kier alpha value is -3.60. The number of hydrogen-bond donors (Lipinski definition) is 0. The first-order valence-electron chi connectivity index (χ1n) is 13.0. The Labute approximate surface area is 219 Å². The molecule has 37 heavy (non-hydrogen) atoms. The van der Waals surface area contributed by atoms with Gasteiger partial charge in [0, 0.05) is 13.2 Å². The third-order valence-corrected chi connectivity index (χ3v) is 6.93. The van der Waals surface area contributed by atoms with E-state index in [9.17, 15) is 0 Å². The molecule has 0 amide bonds. The van der Waals surface area contributed by atoms with Crippen molar-refractivity contribution < 1.29 is 18.9 Å². The first-order chi connectivity index (χ1) is 18.1. The minimum atomic E-state index is -0.471. The van der Waals surface area contributed by atoms with E-state index in [-0.39, 0.29) is 12.6 Å². The molecule has 0 heterocycles. The van der Waals surface area contributed by atoms with Crippen molar-refractivity contribution in [2.75, 3.05) is 13.2 Å². The van der Waals surface area contributed by atoms with Crippen LogP contribution in [0.3, 0.4) is 0 Å². The van der Waals surface area contributed by atoms with Gasteiger partial charge in [-0.15, -0.1) is 0 Å². The Balaban J connectivity index is 1.64. The van der Waals surface area contributed by atoms with Gasteiger partial charge >= 0.3 is 0 Å². The molecule has 4 heteroatoms. The average molecular weight is 495 g/mol. The molecule has 2 unspecified atom stereocenters. The number of hydrogen-bond acceptors (Lipinski definition) is 4. The molecular formula is C33H34O4. The number of ether oxygens (including phenoxy) is 4. The van der Waals surface area contributed by atoms with Crippen LogP contribution >= 0.6 is 0 Å². The zero-order valence-corrected chi connectivity index (χ0v) is 21.9. The lowest BCUT2D eigenvalue weighted by Crippen LogP contribution is -2.28. The molecule has 0 bridgehead atoms. The van der Waals surface area contributed by atoms with Gasteiger partial charge in [-0.1, -0.05) is 72.8 Å². The van der Waals surface area contributed by atoms with E-state index >= 15 is 0 Å². The summed E-state index contributed by atoms with van der Waals surface area (Å²) in [5.74, 6) is 1.57. The number of fused-ring (bicyclic) bond motifs is 3. The van der Waals surface area contributed by atoms with E-state index in [4.69, 9.17) is 18.9 Å². The second-order valence-electron chi connectivity index (χ2n) is 9.17. The van der Waals surface area contributed by atoms with Crippen molar-refractivity contribution in [1.29, 1.82) is 0 Å². The molecule has 1 aliphatic rings. The summed E-state index contributed by atoms with van der Waals surface area (Å²) < 4.78 is 23.1. The van der Waals surface area contributed by atoms with Crippen molar-refractivity contribution in [2.45, 2.75) is 45.7 Å². The van der Waals surface area contributed by atoms with E-state index in [1.165, 1.54) is 33.4 Å². The maximum atomic E-state index is 5.97. The molecule has 0 radical (unpaired) electrons. The highest BCUT2D eigenvalue weighted by molar-refractivity contribution is 5.86. The van der Waals surface area contributed by atoms with Crippen molar-refractivity contribution in [3.05, 3.63) is 119 Å². The molecule has 190 valence electrons. The SMILES string of the molecule is CCOC(C)Oc1ccc(C2(c3ccc(OC(C)OCC)cc3)c3ccccc3-c3ccccc32)cc1. The molecule has 4 nitrogen and oxygen atoms in total. The lowest BCUT2D eigenvalue weighted by atomic mass is 9.68. The van der Waals surface area contributed by atoms with Gasteiger partial charge in [0.1, 0.15) is 11.5 Å². The van der Waals surface area contributed by atoms with Gasteiger partial charge in [-0.05, 0) is 85.3 Å². The number of rotatable bonds is 10. The summed E-state index contributed by atoms with van der Waals surface area (Å²) in [6.07, 6.45) is -0.603. The Kier molecular flexibility index (Phi) is 7.31. The van der Waals surface area contributed by atoms with Crippen LogP contribution in [-0.4, -0.2) is 25.8 Å². The normalized spacial score (nSPS) is 14.9. The fourth-order valence-electron chi connectivity index (χ4n) is 5.51. The van der Waals surface area contributed by atoms with E-state index in [2.05, 4.69) is 72.8 Å². The van der Waals surface area contributed by atoms with Gasteiger partial charge in [-0.2, -0.15) is 0 Å². The zero-order chi connectivity index (χ0) is 25.8. The Morgan fingerprint density at radius 3 is 1.30 bits per heavy atom. The third kappa shape index (κ3) is 4.63. The van der Waals surface area contributed by atoms with E-state index in [0.29, 0.717) is 13.2 Å². The van der Waals surface area contributed by atoms with Crippen LogP contribution in [0.25, 0.3) is 11.1 Å². The maximum Gasteiger partial charge on any atom is 0.196 e. The van der Waals surface area contributed by atoms with Crippen LogP contribution in [0.4, 0.5) is 0 Å². The molecule has 2 atom stereocenters. The summed E-state index contributed by atoms with van der Waals surface area (Å²) in [7, 11) is 0. The van der Waals surface area contributed by atoms with Crippen LogP contribution < -0.4 is 9.47 Å². The second-order valence-corrected chi connectivity index (χ2v) is 9.17. The highest BCUT2D eigenvalue weighted by Crippen LogP contribution is 2.56. The third-order valence-electron chi connectivity index (χ3n) is 6.93. The molecule has 1 aliphatic carbocycles. The minimum absolute atomic E-state index is 0.302. The van der Waals surface area contributed by atoms with Crippen LogP contribution in [0.1, 0.15) is 49.9 Å². The Morgan fingerprint density at radius 2 is 0.919 bits per heavy atom. The lowest BCUT2D eigenvalue weighted by Gasteiger charge is -2.34. The molecule has 0 aromatic heterocycles. The van der Waals surface area contributed by atoms with E-state index in [1.807, 2.05) is 52.0 Å². The summed E-state index contributed by atoms with van der Waals surface area (Å²) in [5, 5.41) is 0. The van der Waals surface area contributed by atoms with Crippen LogP contribution in [0.15, 0.2) is 97.1 Å². The van der Waals surface area contributed by atoms with E-state index in [0.717, 1.165) is 11.5 Å². The predicted octanol–water partition coefficient (Wildman–Crippen LogP) is 7.57. The summed E-state index contributed by atoms with van der Waals surface area (Å²) in [4.78, 5) is 0. The molecule has 0 fully saturated rings. The van der Waals surface area contributed by atoms with Crippen molar-refractivity contribution in [3.63, 3.8) is 0 Å².